The first-order chi connectivity index (χ1) is 10.9. The Morgan fingerprint density at radius 1 is 0.409 bits per heavy atom. The zero-order valence-corrected chi connectivity index (χ0v) is 16.9. The summed E-state index contributed by atoms with van der Waals surface area (Å²) in [5.41, 5.74) is 0. The first kappa shape index (κ1) is 13.5. The number of benzene rings is 4. The van der Waals surface area contributed by atoms with Gasteiger partial charge in [-0.15, -0.1) is 0 Å². The summed E-state index contributed by atoms with van der Waals surface area (Å²) in [5.74, 6) is 0. The molecule has 0 saturated heterocycles. The van der Waals surface area contributed by atoms with Gasteiger partial charge in [-0.25, -0.2) is 0 Å². The molecule has 2 heteroatoms. The van der Waals surface area contributed by atoms with Gasteiger partial charge in [0.2, 0.25) is 0 Å². The van der Waals surface area contributed by atoms with Gasteiger partial charge < -0.3 is 0 Å². The Bertz CT molecular complexity index is 875. The SMILES string of the molecule is c1c[c]2c3[c](cccc3c1)[Sb][c]1cccc3ccc[c](c13)[Sb]2. The standard InChI is InChI=1S/2C10H6.2Sb/c2*1-2-6-10-8-4-3-7-9(10)5-1;;/h2*1-5,7H;;. The van der Waals surface area contributed by atoms with Crippen molar-refractivity contribution in [2.45, 2.75) is 0 Å². The van der Waals surface area contributed by atoms with Crippen LogP contribution in [0.5, 0.6) is 0 Å². The third kappa shape index (κ3) is 2.04. The van der Waals surface area contributed by atoms with Crippen molar-refractivity contribution in [3.63, 3.8) is 0 Å². The molecule has 0 spiro atoms. The van der Waals surface area contributed by atoms with Crippen LogP contribution in [0.1, 0.15) is 0 Å². The van der Waals surface area contributed by atoms with E-state index >= 15 is 0 Å². The van der Waals surface area contributed by atoms with Crippen molar-refractivity contribution < 1.29 is 0 Å². The summed E-state index contributed by atoms with van der Waals surface area (Å²) in [4.78, 5) is 0. The summed E-state index contributed by atoms with van der Waals surface area (Å²) in [7, 11) is 0. The molecule has 5 rings (SSSR count). The normalized spacial score (nSPS) is 13.1. The van der Waals surface area contributed by atoms with Crippen LogP contribution >= 0.6 is 0 Å². The molecular formula is C20H12Sb2. The second-order valence-corrected chi connectivity index (χ2v) is 12.3. The van der Waals surface area contributed by atoms with Gasteiger partial charge in [-0.1, -0.05) is 0 Å². The van der Waals surface area contributed by atoms with Gasteiger partial charge in [0.05, 0.1) is 0 Å². The Hall–Kier alpha value is -0.964. The first-order valence-corrected chi connectivity index (χ1v) is 12.5. The Balaban J connectivity index is 1.92. The molecule has 0 fully saturated rings. The Morgan fingerprint density at radius 3 is 1.05 bits per heavy atom. The maximum absolute atomic E-state index is 2.38. The van der Waals surface area contributed by atoms with Gasteiger partial charge in [0.1, 0.15) is 0 Å². The van der Waals surface area contributed by atoms with E-state index in [1.54, 1.807) is 24.8 Å². The average Bonchev–Trinajstić information content (AvgIpc) is 2.54. The van der Waals surface area contributed by atoms with Crippen LogP contribution in [-0.4, -0.2) is 43.2 Å². The number of rotatable bonds is 0. The molecule has 0 N–H and O–H groups in total. The van der Waals surface area contributed by atoms with Crippen molar-refractivity contribution in [3.05, 3.63) is 72.8 Å². The fraction of sp³-hybridized carbons (Fsp3) is 0. The van der Waals surface area contributed by atoms with E-state index in [-0.39, 0.29) is 0 Å². The Labute approximate surface area is 150 Å². The molecule has 4 aromatic rings. The van der Waals surface area contributed by atoms with Crippen LogP contribution in [0.3, 0.4) is 0 Å². The molecule has 4 aromatic carbocycles. The first-order valence-electron chi connectivity index (χ1n) is 7.37. The van der Waals surface area contributed by atoms with E-state index < -0.39 is 43.2 Å². The van der Waals surface area contributed by atoms with Crippen LogP contribution in [0.15, 0.2) is 72.8 Å². The fourth-order valence-corrected chi connectivity index (χ4v) is 12.2. The molecule has 1 heterocycles. The van der Waals surface area contributed by atoms with Crippen LogP contribution in [0.25, 0.3) is 21.5 Å². The van der Waals surface area contributed by atoms with Crippen molar-refractivity contribution in [1.82, 2.24) is 0 Å². The third-order valence-electron chi connectivity index (χ3n) is 4.20. The van der Waals surface area contributed by atoms with Gasteiger partial charge in [-0.2, -0.15) is 0 Å². The molecule has 0 amide bonds. The second-order valence-electron chi connectivity index (χ2n) is 5.53. The summed E-state index contributed by atoms with van der Waals surface area (Å²) >= 11 is -1.10. The van der Waals surface area contributed by atoms with Gasteiger partial charge in [-0.3, -0.25) is 0 Å². The molecule has 0 aliphatic carbocycles. The van der Waals surface area contributed by atoms with E-state index in [1.165, 1.54) is 10.8 Å². The van der Waals surface area contributed by atoms with Crippen molar-refractivity contribution in [2.24, 2.45) is 0 Å². The van der Waals surface area contributed by atoms with Crippen molar-refractivity contribution >= 4 is 78.8 Å². The molecule has 0 unspecified atom stereocenters. The van der Waals surface area contributed by atoms with Gasteiger partial charge in [0.25, 0.3) is 0 Å². The predicted octanol–water partition coefficient (Wildman–Crippen LogP) is 1.62. The van der Waals surface area contributed by atoms with Crippen LogP contribution < -0.4 is 14.0 Å². The molecule has 0 atom stereocenters. The van der Waals surface area contributed by atoms with E-state index in [4.69, 9.17) is 0 Å². The third-order valence-corrected chi connectivity index (χ3v) is 11.2. The summed E-state index contributed by atoms with van der Waals surface area (Å²) in [6, 6.07) is 27.6. The topological polar surface area (TPSA) is 0 Å². The van der Waals surface area contributed by atoms with E-state index in [2.05, 4.69) is 72.8 Å². The van der Waals surface area contributed by atoms with E-state index in [9.17, 15) is 0 Å². The van der Waals surface area contributed by atoms with Crippen molar-refractivity contribution in [1.29, 1.82) is 0 Å². The quantitative estimate of drug-likeness (QED) is 0.287. The molecule has 2 radical (unpaired) electrons. The van der Waals surface area contributed by atoms with Gasteiger partial charge in [-0.05, 0) is 0 Å². The van der Waals surface area contributed by atoms with Crippen LogP contribution in [-0.2, 0) is 0 Å². The monoisotopic (exact) mass is 494 g/mol. The zero-order chi connectivity index (χ0) is 14.5. The number of hydrogen-bond acceptors (Lipinski definition) is 0. The number of hydrogen-bond donors (Lipinski definition) is 0. The van der Waals surface area contributed by atoms with Crippen LogP contribution in [0, 0.1) is 0 Å². The molecule has 0 saturated carbocycles. The minimum absolute atomic E-state index is 0.552. The summed E-state index contributed by atoms with van der Waals surface area (Å²) in [6.45, 7) is 0. The molecule has 1 aliphatic rings. The van der Waals surface area contributed by atoms with E-state index in [0.717, 1.165) is 0 Å². The zero-order valence-electron chi connectivity index (χ0n) is 11.8. The Kier molecular flexibility index (Phi) is 3.24. The molecule has 1 aliphatic heterocycles. The molecule has 102 valence electrons. The Morgan fingerprint density at radius 2 is 0.727 bits per heavy atom. The van der Waals surface area contributed by atoms with Crippen LogP contribution in [0.2, 0.25) is 0 Å². The predicted molar refractivity (Wildman–Crippen MR) is 97.9 cm³/mol. The maximum atomic E-state index is 2.38. The fourth-order valence-electron chi connectivity index (χ4n) is 3.24. The molecular weight excluding hydrogens is 484 g/mol. The van der Waals surface area contributed by atoms with Gasteiger partial charge in [0.15, 0.2) is 0 Å². The van der Waals surface area contributed by atoms with Gasteiger partial charge in [0, 0.05) is 0 Å². The molecule has 0 bridgehead atoms. The molecule has 0 nitrogen and oxygen atoms in total. The summed E-state index contributed by atoms with van der Waals surface area (Å²) in [5, 5.41) is 6.05. The van der Waals surface area contributed by atoms with Crippen molar-refractivity contribution in [3.8, 4) is 0 Å². The minimum atomic E-state index is -0.552. The molecule has 22 heavy (non-hydrogen) atoms. The average molecular weight is 496 g/mol. The van der Waals surface area contributed by atoms with E-state index in [0.29, 0.717) is 0 Å². The summed E-state index contributed by atoms with van der Waals surface area (Å²) in [6.07, 6.45) is 0. The molecule has 0 aromatic heterocycles. The van der Waals surface area contributed by atoms with E-state index in [1.807, 2.05) is 0 Å². The second kappa shape index (κ2) is 5.29. The van der Waals surface area contributed by atoms with Crippen molar-refractivity contribution in [2.75, 3.05) is 0 Å². The van der Waals surface area contributed by atoms with Gasteiger partial charge >= 0.3 is 152 Å². The summed E-state index contributed by atoms with van der Waals surface area (Å²) < 4.78 is 6.57. The van der Waals surface area contributed by atoms with Crippen LogP contribution in [0.4, 0.5) is 0 Å².